The summed E-state index contributed by atoms with van der Waals surface area (Å²) in [4.78, 5) is 2.23. The first-order valence-electron chi connectivity index (χ1n) is 38.7. The summed E-state index contributed by atoms with van der Waals surface area (Å²) >= 11 is 0.652. The maximum atomic E-state index is 11.7. The number of rotatable bonds is 2. The second-order valence-electron chi connectivity index (χ2n) is 24.4. The van der Waals surface area contributed by atoms with Gasteiger partial charge in [0.1, 0.15) is 0 Å². The number of nitrogens with zero attached hydrogens (tertiary/aromatic N) is 5. The van der Waals surface area contributed by atoms with Crippen LogP contribution < -0.4 is 26.2 Å². The predicted molar refractivity (Wildman–Crippen MR) is 335 cm³/mol. The number of fused-ring (bicyclic) bond motifs is 15. The van der Waals surface area contributed by atoms with E-state index in [-0.39, 0.29) is 127 Å². The van der Waals surface area contributed by atoms with Crippen molar-refractivity contribution in [2.45, 2.75) is 105 Å². The minimum Gasteiger partial charge on any atom is -0.311 e. The van der Waals surface area contributed by atoms with E-state index in [0.29, 0.717) is 11.3 Å². The normalized spacial score (nSPS) is 18.7. The molecule has 380 valence electrons. The van der Waals surface area contributed by atoms with Gasteiger partial charge < -0.3 is 18.9 Å². The van der Waals surface area contributed by atoms with E-state index in [1.54, 1.807) is 83.1 Å². The SMILES string of the molecule is [2H]c1c([2H])c2c3c(c1[2H])-n1c4c([2H])c([2H])c(C(C)(C)C)c([2H])c4c4c([2H])c(C(C)(C)C)c([2H])c(c41)N3c1c([2H])c(C#N)c([2H])c3c1B2c1c([2H])c([2H])c(-n2c4c([2H])c([2H])c(C(C)(C)C)c([2H])c4c4c([2H])c(C(C)(C)C)c([2H])c([2H])c42)c([2H])c1N3c1c([2H])c([2H])c2c(sc3c([2H])c([2H])c([2H])c([2H])c32)c1[2H]. The van der Waals surface area contributed by atoms with Crippen molar-refractivity contribution in [2.75, 3.05) is 9.80 Å². The van der Waals surface area contributed by atoms with Gasteiger partial charge in [-0.15, -0.1) is 11.3 Å². The van der Waals surface area contributed by atoms with Crippen LogP contribution in [0.5, 0.6) is 0 Å². The van der Waals surface area contributed by atoms with Gasteiger partial charge in [-0.05, 0) is 157 Å². The van der Waals surface area contributed by atoms with Gasteiger partial charge in [0.25, 0.3) is 6.71 Å². The molecule has 0 N–H and O–H groups in total. The first kappa shape index (κ1) is 27.5. The lowest BCUT2D eigenvalue weighted by atomic mass is 9.33. The van der Waals surface area contributed by atoms with Crippen molar-refractivity contribution in [1.82, 2.24) is 9.13 Å². The first-order valence-corrected chi connectivity index (χ1v) is 26.5. The molecule has 0 aliphatic carbocycles. The Bertz CT molecular complexity index is 6180. The van der Waals surface area contributed by atoms with E-state index < -0.39 is 212 Å². The van der Waals surface area contributed by atoms with Gasteiger partial charge in [-0.1, -0.05) is 144 Å². The summed E-state index contributed by atoms with van der Waals surface area (Å²) in [5.41, 5.74) is -11.4. The van der Waals surface area contributed by atoms with Gasteiger partial charge in [-0.3, -0.25) is 0 Å². The summed E-state index contributed by atoms with van der Waals surface area (Å²) in [5.74, 6) is 0. The summed E-state index contributed by atoms with van der Waals surface area (Å²) in [7, 11) is 0. The number of anilines is 6. The van der Waals surface area contributed by atoms with E-state index in [0.717, 1.165) is 9.47 Å². The molecule has 3 aliphatic heterocycles. The Morgan fingerprint density at radius 2 is 0.987 bits per heavy atom. The lowest BCUT2D eigenvalue weighted by Gasteiger charge is -2.46. The summed E-state index contributed by atoms with van der Waals surface area (Å²) in [6.45, 7) is 18.7. The highest BCUT2D eigenvalue weighted by molar-refractivity contribution is 7.25. The van der Waals surface area contributed by atoms with E-state index in [2.05, 4.69) is 0 Å². The van der Waals surface area contributed by atoms with Gasteiger partial charge in [-0.25, -0.2) is 0 Å². The van der Waals surface area contributed by atoms with Crippen molar-refractivity contribution >= 4 is 132 Å². The van der Waals surface area contributed by atoms with Crippen LogP contribution in [0.2, 0.25) is 0 Å². The zero-order chi connectivity index (χ0) is 76.5. The molecule has 7 heteroatoms. The van der Waals surface area contributed by atoms with Crippen LogP contribution in [0.25, 0.3) is 75.2 Å². The van der Waals surface area contributed by atoms with Gasteiger partial charge in [0.2, 0.25) is 0 Å². The van der Waals surface area contributed by atoms with Gasteiger partial charge in [0.15, 0.2) is 0 Å². The lowest BCUT2D eigenvalue weighted by molar-refractivity contribution is 0.590. The molecule has 0 atom stereocenters. The standard InChI is InChI=1S/C71H62BN5S/c1-68(2,3)41-20-27-55-49(32-41)50-33-42(69(4,5)6)21-28-56(50)74(55)45-24-26-53-59(37-45)75(46-23-25-48-47-16-13-14-19-63(47)78-64(48)38-46)60-30-40(39-73)31-61-65(60)72(53)54-17-15-18-58-67(54)77(61)62-36-44(71(10,11)12)35-52-51-34-43(70(7,8)9)22-29-57(51)76(58)66(52)62/h13-38H,1-12H3/i13D,14D,15D,16D,17D,18D,19D,20D,21D,22D,23D,24D,25D,26D,27D,28D,29D,30D,31D,32D,33D,34D,35D,36D,37D,38D. The van der Waals surface area contributed by atoms with Crippen LogP contribution in [0.1, 0.15) is 147 Å². The van der Waals surface area contributed by atoms with Crippen LogP contribution >= 0.6 is 11.3 Å². The van der Waals surface area contributed by atoms with Crippen LogP contribution in [0.3, 0.4) is 0 Å². The average Bonchev–Trinajstić information content (AvgIpc) is 1.29. The number of thiophene rings is 1. The van der Waals surface area contributed by atoms with E-state index >= 15 is 0 Å². The van der Waals surface area contributed by atoms with E-state index in [1.165, 1.54) is 9.47 Å². The molecule has 0 saturated carbocycles. The number of aromatic nitrogens is 2. The Labute approximate surface area is 498 Å². The number of para-hydroxylation sites is 1. The highest BCUT2D eigenvalue weighted by Crippen LogP contribution is 2.54. The number of nitriles is 1. The van der Waals surface area contributed by atoms with Gasteiger partial charge in [0.05, 0.1) is 86.4 Å². The number of benzene rings is 9. The minimum absolute atomic E-state index is 0.0345. The van der Waals surface area contributed by atoms with Gasteiger partial charge in [0, 0.05) is 70.2 Å². The highest BCUT2D eigenvalue weighted by Gasteiger charge is 2.47. The van der Waals surface area contributed by atoms with Crippen molar-refractivity contribution in [1.29, 1.82) is 5.26 Å². The fourth-order valence-corrected chi connectivity index (χ4v) is 12.0. The molecule has 3 aromatic heterocycles. The first-order chi connectivity index (χ1) is 48.1. The fraction of sp³-hybridized carbons (Fsp3) is 0.225. The maximum Gasteiger partial charge on any atom is 0.252 e. The molecule has 0 saturated heterocycles. The van der Waals surface area contributed by atoms with E-state index in [4.69, 9.17) is 5.48 Å². The molecule has 0 spiro atoms. The molecular weight excluding hydrogens is 966 g/mol. The van der Waals surface area contributed by atoms with E-state index in [9.17, 15) is 35.4 Å². The van der Waals surface area contributed by atoms with Gasteiger partial charge in [-0.2, -0.15) is 5.26 Å². The molecule has 78 heavy (non-hydrogen) atoms. The van der Waals surface area contributed by atoms with Crippen LogP contribution in [0.15, 0.2) is 157 Å². The van der Waals surface area contributed by atoms with Crippen LogP contribution in [-0.2, 0) is 21.7 Å². The third-order valence-corrected chi connectivity index (χ3v) is 16.0. The molecule has 6 heterocycles. The second-order valence-corrected chi connectivity index (χ2v) is 25.5. The molecule has 0 unspecified atom stereocenters. The third-order valence-electron chi connectivity index (χ3n) is 15.0. The second kappa shape index (κ2) is 15.6. The molecule has 3 aliphatic rings. The van der Waals surface area contributed by atoms with Crippen molar-refractivity contribution < 1.29 is 35.6 Å². The van der Waals surface area contributed by atoms with Crippen molar-refractivity contribution in [3.8, 4) is 17.4 Å². The smallest absolute Gasteiger partial charge is 0.252 e. The Morgan fingerprint density at radius 1 is 0.423 bits per heavy atom. The van der Waals surface area contributed by atoms with Crippen LogP contribution in [-0.4, -0.2) is 15.8 Å². The quantitative estimate of drug-likeness (QED) is 0.162. The molecule has 0 bridgehead atoms. The summed E-state index contributed by atoms with van der Waals surface area (Å²) in [5, 5.41) is 10.7. The Morgan fingerprint density at radius 3 is 1.62 bits per heavy atom. The van der Waals surface area contributed by atoms with E-state index in [1.807, 2.05) is 6.07 Å². The topological polar surface area (TPSA) is 40.1 Å². The third kappa shape index (κ3) is 6.53. The molecule has 0 amide bonds. The summed E-state index contributed by atoms with van der Waals surface area (Å²) in [6, 6.07) is -14.8. The van der Waals surface area contributed by atoms with Crippen molar-refractivity contribution in [3.05, 3.63) is 185 Å². The number of hydrogen-bond acceptors (Lipinski definition) is 4. The van der Waals surface area contributed by atoms with Gasteiger partial charge >= 0.3 is 0 Å². The molecule has 12 aromatic rings. The highest BCUT2D eigenvalue weighted by atomic mass is 32.1. The minimum atomic E-state index is -1.97. The number of hydrogen-bond donors (Lipinski definition) is 0. The zero-order valence-electron chi connectivity index (χ0n) is 70.7. The molecule has 5 nitrogen and oxygen atoms in total. The van der Waals surface area contributed by atoms with Crippen LogP contribution in [0.4, 0.5) is 34.1 Å². The fourth-order valence-electron chi connectivity index (χ4n) is 11.1. The molecule has 0 radical (unpaired) electrons. The van der Waals surface area contributed by atoms with Crippen molar-refractivity contribution in [3.63, 3.8) is 0 Å². The molecule has 9 aromatic carbocycles. The molecule has 15 rings (SSSR count). The van der Waals surface area contributed by atoms with Crippen LogP contribution in [0, 0.1) is 11.3 Å². The zero-order valence-corrected chi connectivity index (χ0v) is 45.5. The largest absolute Gasteiger partial charge is 0.311 e. The lowest BCUT2D eigenvalue weighted by Crippen LogP contribution is -2.61. The maximum absolute atomic E-state index is 11.7. The summed E-state index contributed by atoms with van der Waals surface area (Å²) < 4.78 is 263. The summed E-state index contributed by atoms with van der Waals surface area (Å²) in [6.07, 6.45) is 0. The monoisotopic (exact) mass is 1050 g/mol. The van der Waals surface area contributed by atoms with Crippen molar-refractivity contribution in [2.24, 2.45) is 0 Å². The Kier molecular flexibility index (Phi) is 5.50. The average molecular weight is 1050 g/mol. The Hall–Kier alpha value is -8.05. The Balaban J connectivity index is 1.23. The predicted octanol–water partition coefficient (Wildman–Crippen LogP) is 17.7. The molecule has 0 fully saturated rings. The molecular formula is C71H62BN5S.